The molecule has 1 aromatic carbocycles. The second kappa shape index (κ2) is 6.96. The minimum atomic E-state index is -0.0303. The van der Waals surface area contributed by atoms with Gasteiger partial charge in [0.05, 0.1) is 16.7 Å². The summed E-state index contributed by atoms with van der Waals surface area (Å²) < 4.78 is 0. The molecule has 132 valence electrons. The topological polar surface area (TPSA) is 53.5 Å². The molecule has 3 rings (SSSR count). The minimum absolute atomic E-state index is 0.0291. The van der Waals surface area contributed by atoms with Crippen molar-refractivity contribution in [2.75, 3.05) is 18.5 Å². The zero-order chi connectivity index (χ0) is 18.1. The zero-order valence-corrected chi connectivity index (χ0v) is 15.9. The molecule has 1 saturated heterocycles. The van der Waals surface area contributed by atoms with Crippen molar-refractivity contribution in [2.45, 2.75) is 39.7 Å². The van der Waals surface area contributed by atoms with Gasteiger partial charge in [-0.15, -0.1) is 11.3 Å². The van der Waals surface area contributed by atoms with Crippen LogP contribution in [-0.4, -0.2) is 35.3 Å². The summed E-state index contributed by atoms with van der Waals surface area (Å²) in [6, 6.07) is 7.29. The van der Waals surface area contributed by atoms with Gasteiger partial charge < -0.3 is 9.80 Å². The van der Waals surface area contributed by atoms with Gasteiger partial charge in [0.15, 0.2) is 0 Å². The van der Waals surface area contributed by atoms with Crippen LogP contribution >= 0.6 is 11.3 Å². The monoisotopic (exact) mass is 357 g/mol. The van der Waals surface area contributed by atoms with Crippen LogP contribution in [0.25, 0.3) is 0 Å². The molecule has 1 aliphatic rings. The van der Waals surface area contributed by atoms with Gasteiger partial charge in [0.1, 0.15) is 0 Å². The van der Waals surface area contributed by atoms with E-state index in [-0.39, 0.29) is 17.9 Å². The summed E-state index contributed by atoms with van der Waals surface area (Å²) in [6.45, 7) is 6.74. The number of aromatic nitrogens is 1. The fourth-order valence-electron chi connectivity index (χ4n) is 3.20. The SMILES string of the molecule is Cc1nc(C)c(C(C)N(C)C(=O)c2ccc(N3CCCC3=O)cc2)s1. The van der Waals surface area contributed by atoms with Crippen LogP contribution in [0.15, 0.2) is 24.3 Å². The van der Waals surface area contributed by atoms with E-state index in [1.807, 2.05) is 40.0 Å². The molecular weight excluding hydrogens is 334 g/mol. The molecule has 0 N–H and O–H groups in total. The van der Waals surface area contributed by atoms with Crippen LogP contribution in [0, 0.1) is 13.8 Å². The van der Waals surface area contributed by atoms with Crippen LogP contribution in [0.3, 0.4) is 0 Å². The molecule has 0 spiro atoms. The normalized spacial score (nSPS) is 15.5. The average Bonchev–Trinajstić information content (AvgIpc) is 3.18. The predicted octanol–water partition coefficient (Wildman–Crippen LogP) is 3.72. The van der Waals surface area contributed by atoms with Crippen molar-refractivity contribution in [3.05, 3.63) is 45.4 Å². The standard InChI is InChI=1S/C19H23N3O2S/c1-12-18(25-14(3)20-12)13(2)21(4)19(24)15-7-9-16(10-8-15)22-11-5-6-17(22)23/h7-10,13H,5-6,11H2,1-4H3. The van der Waals surface area contributed by atoms with Crippen LogP contribution in [0.5, 0.6) is 0 Å². The molecule has 0 bridgehead atoms. The number of hydrogen-bond acceptors (Lipinski definition) is 4. The molecule has 2 aromatic rings. The number of nitrogens with zero attached hydrogens (tertiary/aromatic N) is 3. The van der Waals surface area contributed by atoms with Crippen LogP contribution in [0.4, 0.5) is 5.69 Å². The van der Waals surface area contributed by atoms with Crippen LogP contribution in [0.1, 0.15) is 51.7 Å². The molecule has 25 heavy (non-hydrogen) atoms. The summed E-state index contributed by atoms with van der Waals surface area (Å²) in [5, 5.41) is 1.01. The van der Waals surface area contributed by atoms with Crippen molar-refractivity contribution >= 4 is 28.8 Å². The third-order valence-electron chi connectivity index (χ3n) is 4.72. The number of anilines is 1. The summed E-state index contributed by atoms with van der Waals surface area (Å²) in [7, 11) is 1.82. The third kappa shape index (κ3) is 3.44. The number of thiazole rings is 1. The van der Waals surface area contributed by atoms with Gasteiger partial charge >= 0.3 is 0 Å². The van der Waals surface area contributed by atoms with Crippen molar-refractivity contribution in [3.8, 4) is 0 Å². The predicted molar refractivity (Wildman–Crippen MR) is 100 cm³/mol. The number of carbonyl (C=O) groups excluding carboxylic acids is 2. The maximum absolute atomic E-state index is 12.8. The third-order valence-corrected chi connectivity index (χ3v) is 5.96. The summed E-state index contributed by atoms with van der Waals surface area (Å²) in [6.07, 6.45) is 1.50. The Hall–Kier alpha value is -2.21. The molecule has 2 heterocycles. The van der Waals surface area contributed by atoms with Crippen molar-refractivity contribution in [1.82, 2.24) is 9.88 Å². The van der Waals surface area contributed by atoms with Gasteiger partial charge in [0, 0.05) is 36.1 Å². The van der Waals surface area contributed by atoms with E-state index >= 15 is 0 Å². The van der Waals surface area contributed by atoms with Gasteiger partial charge in [-0.2, -0.15) is 0 Å². The highest BCUT2D eigenvalue weighted by Crippen LogP contribution is 2.29. The Morgan fingerprint density at radius 2 is 1.96 bits per heavy atom. The first-order valence-corrected chi connectivity index (χ1v) is 9.31. The number of rotatable bonds is 4. The molecule has 1 fully saturated rings. The van der Waals surface area contributed by atoms with Gasteiger partial charge in [-0.3, -0.25) is 9.59 Å². The largest absolute Gasteiger partial charge is 0.334 e. The molecule has 2 amide bonds. The van der Waals surface area contributed by atoms with Gasteiger partial charge in [0.2, 0.25) is 5.91 Å². The first kappa shape index (κ1) is 17.6. The maximum Gasteiger partial charge on any atom is 0.254 e. The highest BCUT2D eigenvalue weighted by molar-refractivity contribution is 7.11. The second-order valence-corrected chi connectivity index (χ2v) is 7.71. The van der Waals surface area contributed by atoms with E-state index in [9.17, 15) is 9.59 Å². The van der Waals surface area contributed by atoms with E-state index in [0.717, 1.165) is 34.2 Å². The Balaban J connectivity index is 1.75. The minimum Gasteiger partial charge on any atom is -0.334 e. The molecule has 0 radical (unpaired) electrons. The maximum atomic E-state index is 12.8. The highest BCUT2D eigenvalue weighted by atomic mass is 32.1. The number of hydrogen-bond donors (Lipinski definition) is 0. The first-order valence-electron chi connectivity index (χ1n) is 8.50. The van der Waals surface area contributed by atoms with Gasteiger partial charge in [-0.1, -0.05) is 0 Å². The summed E-state index contributed by atoms with van der Waals surface area (Å²) in [5.41, 5.74) is 2.48. The molecule has 1 atom stereocenters. The van der Waals surface area contributed by atoms with E-state index in [2.05, 4.69) is 4.98 Å². The Kier molecular flexibility index (Phi) is 4.90. The van der Waals surface area contributed by atoms with Crippen LogP contribution < -0.4 is 4.90 Å². The lowest BCUT2D eigenvalue weighted by atomic mass is 10.1. The summed E-state index contributed by atoms with van der Waals surface area (Å²) in [5.74, 6) is 0.123. The lowest BCUT2D eigenvalue weighted by molar-refractivity contribution is -0.117. The van der Waals surface area contributed by atoms with E-state index in [1.165, 1.54) is 0 Å². The zero-order valence-electron chi connectivity index (χ0n) is 15.1. The Morgan fingerprint density at radius 1 is 1.28 bits per heavy atom. The van der Waals surface area contributed by atoms with E-state index in [1.54, 1.807) is 33.3 Å². The lowest BCUT2D eigenvalue weighted by Crippen LogP contribution is -2.29. The summed E-state index contributed by atoms with van der Waals surface area (Å²) >= 11 is 1.63. The molecule has 1 aromatic heterocycles. The Bertz CT molecular complexity index is 798. The number of amides is 2. The van der Waals surface area contributed by atoms with Gasteiger partial charge in [-0.05, 0) is 51.5 Å². The number of benzene rings is 1. The summed E-state index contributed by atoms with van der Waals surface area (Å²) in [4.78, 5) is 33.7. The smallest absolute Gasteiger partial charge is 0.254 e. The average molecular weight is 357 g/mol. The quantitative estimate of drug-likeness (QED) is 0.838. The van der Waals surface area contributed by atoms with E-state index < -0.39 is 0 Å². The first-order chi connectivity index (χ1) is 11.9. The van der Waals surface area contributed by atoms with Gasteiger partial charge in [0.25, 0.3) is 5.91 Å². The van der Waals surface area contributed by atoms with Crippen LogP contribution in [-0.2, 0) is 4.79 Å². The molecule has 1 unspecified atom stereocenters. The lowest BCUT2D eigenvalue weighted by Gasteiger charge is -2.25. The second-order valence-electron chi connectivity index (χ2n) is 6.47. The Morgan fingerprint density at radius 3 is 2.48 bits per heavy atom. The Labute approximate surface area is 152 Å². The van der Waals surface area contributed by atoms with E-state index in [4.69, 9.17) is 0 Å². The van der Waals surface area contributed by atoms with Crippen molar-refractivity contribution in [3.63, 3.8) is 0 Å². The molecule has 0 aliphatic carbocycles. The fourth-order valence-corrected chi connectivity index (χ4v) is 4.22. The van der Waals surface area contributed by atoms with Crippen LogP contribution in [0.2, 0.25) is 0 Å². The van der Waals surface area contributed by atoms with Crippen molar-refractivity contribution in [2.24, 2.45) is 0 Å². The number of carbonyl (C=O) groups is 2. The van der Waals surface area contributed by atoms with E-state index in [0.29, 0.717) is 12.0 Å². The highest BCUT2D eigenvalue weighted by Gasteiger charge is 2.24. The van der Waals surface area contributed by atoms with Crippen molar-refractivity contribution in [1.29, 1.82) is 0 Å². The molecule has 6 heteroatoms. The molecule has 0 saturated carbocycles. The van der Waals surface area contributed by atoms with Crippen molar-refractivity contribution < 1.29 is 9.59 Å². The molecular formula is C19H23N3O2S. The van der Waals surface area contributed by atoms with Gasteiger partial charge in [-0.25, -0.2) is 4.98 Å². The molecule has 5 nitrogen and oxygen atoms in total. The number of aryl methyl sites for hydroxylation is 2. The fraction of sp³-hybridized carbons (Fsp3) is 0.421. The molecule has 1 aliphatic heterocycles.